The van der Waals surface area contributed by atoms with Crippen molar-refractivity contribution in [3.05, 3.63) is 93.0 Å². The topological polar surface area (TPSA) is 57.7 Å². The van der Waals surface area contributed by atoms with Crippen molar-refractivity contribution in [2.75, 3.05) is 11.4 Å². The summed E-state index contributed by atoms with van der Waals surface area (Å²) in [5, 5.41) is 9.69. The van der Waals surface area contributed by atoms with Gasteiger partial charge in [0, 0.05) is 24.6 Å². The molecule has 0 unspecified atom stereocenters. The second kappa shape index (κ2) is 8.88. The van der Waals surface area contributed by atoms with E-state index in [9.17, 15) is 9.18 Å². The molecule has 3 aromatic carbocycles. The highest BCUT2D eigenvalue weighted by atomic mass is 35.5. The minimum absolute atomic E-state index is 0.115. The van der Waals surface area contributed by atoms with E-state index in [-0.39, 0.29) is 40.3 Å². The predicted octanol–water partition coefficient (Wildman–Crippen LogP) is 6.87. The van der Waals surface area contributed by atoms with Gasteiger partial charge in [0.15, 0.2) is 5.75 Å². The maximum atomic E-state index is 13.7. The van der Waals surface area contributed by atoms with Crippen molar-refractivity contribution >= 4 is 40.5 Å². The zero-order chi connectivity index (χ0) is 22.8. The smallest absolute Gasteiger partial charge is 0.230 e. The number of nitrogens with zero attached hydrogens (tertiary/aromatic N) is 3. The summed E-state index contributed by atoms with van der Waals surface area (Å²) in [6.07, 6.45) is 0.236. The molecule has 1 fully saturated rings. The summed E-state index contributed by atoms with van der Waals surface area (Å²) in [5.74, 6) is -0.393. The average molecular weight is 466 g/mol. The molecule has 1 aliphatic rings. The Morgan fingerprint density at radius 1 is 1.16 bits per heavy atom. The van der Waals surface area contributed by atoms with Crippen molar-refractivity contribution in [1.82, 2.24) is 0 Å². The molecule has 158 valence electrons. The van der Waals surface area contributed by atoms with E-state index in [0.717, 1.165) is 5.56 Å². The molecule has 0 aliphatic carbocycles. The summed E-state index contributed by atoms with van der Waals surface area (Å²) in [5.41, 5.74) is 1.43. The Bertz CT molecular complexity index is 1310. The van der Waals surface area contributed by atoms with Crippen LogP contribution >= 0.6 is 23.2 Å². The summed E-state index contributed by atoms with van der Waals surface area (Å²) in [7, 11) is 0. The van der Waals surface area contributed by atoms with Crippen LogP contribution in [-0.4, -0.2) is 12.5 Å². The molecule has 0 spiro atoms. The molecule has 0 aromatic heterocycles. The highest BCUT2D eigenvalue weighted by Gasteiger charge is 2.32. The van der Waals surface area contributed by atoms with Crippen LogP contribution in [0, 0.1) is 23.7 Å². The molecule has 8 heteroatoms. The fourth-order valence-corrected chi connectivity index (χ4v) is 3.96. The Morgan fingerprint density at radius 3 is 2.72 bits per heavy atom. The number of halogens is 3. The van der Waals surface area contributed by atoms with Crippen LogP contribution in [0.3, 0.4) is 0 Å². The van der Waals surface area contributed by atoms with Gasteiger partial charge in [0.2, 0.25) is 11.6 Å². The second-order valence-corrected chi connectivity index (χ2v) is 7.99. The van der Waals surface area contributed by atoms with E-state index in [1.54, 1.807) is 36.4 Å². The second-order valence-electron chi connectivity index (χ2n) is 7.17. The van der Waals surface area contributed by atoms with Crippen LogP contribution in [0.25, 0.3) is 4.85 Å². The molecule has 1 aliphatic heterocycles. The molecule has 0 radical (unpaired) electrons. The zero-order valence-electron chi connectivity index (χ0n) is 16.5. The number of nitriles is 1. The van der Waals surface area contributed by atoms with Gasteiger partial charge in [0.05, 0.1) is 22.2 Å². The van der Waals surface area contributed by atoms with E-state index in [2.05, 4.69) is 4.85 Å². The van der Waals surface area contributed by atoms with Gasteiger partial charge in [-0.25, -0.2) is 9.24 Å². The largest absolute Gasteiger partial charge is 0.465 e. The standard InChI is InChI=1S/C24H14Cl2FN3O2/c1-29-21-4-2-3-19(26)24(21)32-22-10-14(5-7-18(22)25)16-11-23(31)30(13-16)17-6-8-20(27)15(9-17)12-28/h2-10,16H,11,13H2/t16-/m0/s1. The lowest BCUT2D eigenvalue weighted by molar-refractivity contribution is -0.117. The Morgan fingerprint density at radius 2 is 1.97 bits per heavy atom. The number of ether oxygens (including phenoxy) is 1. The van der Waals surface area contributed by atoms with Crippen LogP contribution in [0.1, 0.15) is 23.5 Å². The highest BCUT2D eigenvalue weighted by molar-refractivity contribution is 6.33. The molecule has 3 aromatic rings. The van der Waals surface area contributed by atoms with Gasteiger partial charge in [0.25, 0.3) is 0 Å². The zero-order valence-corrected chi connectivity index (χ0v) is 18.0. The summed E-state index contributed by atoms with van der Waals surface area (Å²) in [6.45, 7) is 7.67. The van der Waals surface area contributed by atoms with Crippen LogP contribution < -0.4 is 9.64 Å². The lowest BCUT2D eigenvalue weighted by Gasteiger charge is -2.18. The van der Waals surface area contributed by atoms with Crippen LogP contribution in [0.2, 0.25) is 10.0 Å². The Labute approximate surface area is 194 Å². The monoisotopic (exact) mass is 465 g/mol. The number of hydrogen-bond donors (Lipinski definition) is 0. The quantitative estimate of drug-likeness (QED) is 0.395. The molecule has 1 heterocycles. The van der Waals surface area contributed by atoms with E-state index in [1.165, 1.54) is 23.1 Å². The predicted molar refractivity (Wildman–Crippen MR) is 120 cm³/mol. The molecule has 1 amide bonds. The average Bonchev–Trinajstić information content (AvgIpc) is 3.18. The van der Waals surface area contributed by atoms with Crippen LogP contribution in [0.15, 0.2) is 54.6 Å². The first-order valence-corrected chi connectivity index (χ1v) is 10.3. The number of carbonyl (C=O) groups is 1. The normalized spacial score (nSPS) is 15.3. The Kier molecular flexibility index (Phi) is 6.01. The van der Waals surface area contributed by atoms with E-state index < -0.39 is 5.82 Å². The van der Waals surface area contributed by atoms with E-state index in [4.69, 9.17) is 39.8 Å². The number of benzene rings is 3. The van der Waals surface area contributed by atoms with Gasteiger partial charge in [-0.05, 0) is 42.0 Å². The van der Waals surface area contributed by atoms with Crippen LogP contribution in [0.5, 0.6) is 11.5 Å². The van der Waals surface area contributed by atoms with Crippen LogP contribution in [-0.2, 0) is 4.79 Å². The number of amides is 1. The maximum absolute atomic E-state index is 13.7. The number of anilines is 1. The third-order valence-corrected chi connectivity index (χ3v) is 5.82. The number of rotatable bonds is 4. The summed E-state index contributed by atoms with van der Waals surface area (Å²) >= 11 is 12.5. The number of para-hydroxylation sites is 1. The molecule has 1 atom stereocenters. The molecular formula is C24H14Cl2FN3O2. The first-order chi connectivity index (χ1) is 15.4. The number of hydrogen-bond acceptors (Lipinski definition) is 3. The first kappa shape index (κ1) is 21.6. The van der Waals surface area contributed by atoms with Crippen molar-refractivity contribution in [3.63, 3.8) is 0 Å². The van der Waals surface area contributed by atoms with E-state index in [1.807, 2.05) is 6.07 Å². The molecule has 5 nitrogen and oxygen atoms in total. The lowest BCUT2D eigenvalue weighted by atomic mass is 9.98. The van der Waals surface area contributed by atoms with Gasteiger partial charge in [-0.3, -0.25) is 4.79 Å². The van der Waals surface area contributed by atoms with Crippen molar-refractivity contribution < 1.29 is 13.9 Å². The maximum Gasteiger partial charge on any atom is 0.230 e. The summed E-state index contributed by atoms with van der Waals surface area (Å²) in [4.78, 5) is 17.6. The number of carbonyl (C=O) groups excluding carboxylic acids is 1. The van der Waals surface area contributed by atoms with Crippen molar-refractivity contribution in [2.45, 2.75) is 12.3 Å². The Hall–Kier alpha value is -3.58. The minimum Gasteiger partial charge on any atom is -0.465 e. The van der Waals surface area contributed by atoms with Gasteiger partial charge in [-0.15, -0.1) is 0 Å². The minimum atomic E-state index is -0.628. The summed E-state index contributed by atoms with van der Waals surface area (Å²) < 4.78 is 19.5. The first-order valence-electron chi connectivity index (χ1n) is 9.54. The van der Waals surface area contributed by atoms with Gasteiger partial charge >= 0.3 is 0 Å². The van der Waals surface area contributed by atoms with Crippen molar-refractivity contribution in [3.8, 4) is 17.6 Å². The van der Waals surface area contributed by atoms with Crippen molar-refractivity contribution in [1.29, 1.82) is 5.26 Å². The third kappa shape index (κ3) is 4.11. The molecule has 4 rings (SSSR count). The Balaban J connectivity index is 1.62. The third-order valence-electron chi connectivity index (χ3n) is 5.21. The van der Waals surface area contributed by atoms with Gasteiger partial charge in [-0.1, -0.05) is 41.4 Å². The molecule has 32 heavy (non-hydrogen) atoms. The SMILES string of the molecule is [C-]#[N+]c1cccc(Cl)c1Oc1cc([C@H]2CC(=O)N(c3ccc(F)c(C#N)c3)C2)ccc1Cl. The van der Waals surface area contributed by atoms with Gasteiger partial charge in [0.1, 0.15) is 17.6 Å². The fraction of sp³-hybridized carbons (Fsp3) is 0.125. The van der Waals surface area contributed by atoms with Crippen LogP contribution in [0.4, 0.5) is 15.8 Å². The molecular weight excluding hydrogens is 452 g/mol. The lowest BCUT2D eigenvalue weighted by Crippen LogP contribution is -2.24. The van der Waals surface area contributed by atoms with E-state index >= 15 is 0 Å². The van der Waals surface area contributed by atoms with Gasteiger partial charge in [-0.2, -0.15) is 5.26 Å². The molecule has 0 saturated carbocycles. The van der Waals surface area contributed by atoms with Gasteiger partial charge < -0.3 is 9.64 Å². The fourth-order valence-electron chi connectivity index (χ4n) is 3.60. The molecule has 0 N–H and O–H groups in total. The highest BCUT2D eigenvalue weighted by Crippen LogP contribution is 2.42. The molecule has 0 bridgehead atoms. The molecule has 1 saturated heterocycles. The van der Waals surface area contributed by atoms with E-state index in [0.29, 0.717) is 23.0 Å². The summed E-state index contributed by atoms with van der Waals surface area (Å²) in [6, 6.07) is 15.9. The van der Waals surface area contributed by atoms with Crippen molar-refractivity contribution in [2.24, 2.45) is 0 Å².